The quantitative estimate of drug-likeness (QED) is 0.897. The van der Waals surface area contributed by atoms with Gasteiger partial charge in [0, 0.05) is 16.5 Å². The van der Waals surface area contributed by atoms with Crippen molar-refractivity contribution in [2.24, 2.45) is 5.92 Å². The summed E-state index contributed by atoms with van der Waals surface area (Å²) >= 11 is 5.92. The van der Waals surface area contributed by atoms with Gasteiger partial charge in [0.2, 0.25) is 0 Å². The van der Waals surface area contributed by atoms with Crippen LogP contribution in [0.3, 0.4) is 0 Å². The fraction of sp³-hybridized carbons (Fsp3) is 0.385. The zero-order valence-electron chi connectivity index (χ0n) is 10.2. The lowest BCUT2D eigenvalue weighted by molar-refractivity contribution is -0.120. The second kappa shape index (κ2) is 5.82. The molecule has 0 fully saturated rings. The highest BCUT2D eigenvalue weighted by molar-refractivity contribution is 6.31. The molecule has 1 amide bonds. The van der Waals surface area contributed by atoms with Crippen LogP contribution < -0.4 is 5.32 Å². The van der Waals surface area contributed by atoms with Crippen LogP contribution in [0.1, 0.15) is 29.8 Å². The van der Waals surface area contributed by atoms with Gasteiger partial charge in [-0.2, -0.15) is 0 Å². The molecule has 0 aliphatic rings. The van der Waals surface area contributed by atoms with Crippen LogP contribution in [0.4, 0.5) is 0 Å². The molecule has 0 unspecified atom stereocenters. The van der Waals surface area contributed by atoms with Crippen molar-refractivity contribution in [1.82, 2.24) is 5.32 Å². The number of carbonyl (C=O) groups excluding carboxylic acids is 2. The minimum absolute atomic E-state index is 0.0107. The number of carbonyl (C=O) groups is 2. The van der Waals surface area contributed by atoms with Crippen molar-refractivity contribution < 1.29 is 9.59 Å². The number of nitrogens with one attached hydrogen (secondary N) is 1. The predicted octanol–water partition coefficient (Wildman–Crippen LogP) is 2.60. The summed E-state index contributed by atoms with van der Waals surface area (Å²) in [6.45, 7) is 5.53. The van der Waals surface area contributed by atoms with E-state index in [1.54, 1.807) is 32.0 Å². The molecule has 0 aliphatic carbocycles. The number of rotatable bonds is 4. The maximum absolute atomic E-state index is 11.7. The van der Waals surface area contributed by atoms with Crippen molar-refractivity contribution in [3.05, 3.63) is 34.3 Å². The van der Waals surface area contributed by atoms with Gasteiger partial charge >= 0.3 is 0 Å². The number of ketones is 1. The maximum atomic E-state index is 11.7. The molecule has 0 aromatic heterocycles. The van der Waals surface area contributed by atoms with Gasteiger partial charge in [0.1, 0.15) is 0 Å². The molecule has 0 radical (unpaired) electrons. The van der Waals surface area contributed by atoms with Crippen LogP contribution in [0.5, 0.6) is 0 Å². The molecule has 1 rings (SSSR count). The fourth-order valence-corrected chi connectivity index (χ4v) is 1.39. The molecule has 92 valence electrons. The third-order valence-electron chi connectivity index (χ3n) is 2.50. The van der Waals surface area contributed by atoms with Gasteiger partial charge in [0.05, 0.1) is 6.54 Å². The van der Waals surface area contributed by atoms with Crippen LogP contribution in [0.2, 0.25) is 5.02 Å². The van der Waals surface area contributed by atoms with E-state index in [1.165, 1.54) is 0 Å². The highest BCUT2D eigenvalue weighted by Gasteiger charge is 2.11. The molecular formula is C13H16ClNO2. The summed E-state index contributed by atoms with van der Waals surface area (Å²) in [5.74, 6) is -0.339. The smallest absolute Gasteiger partial charge is 0.251 e. The molecule has 4 heteroatoms. The average molecular weight is 254 g/mol. The van der Waals surface area contributed by atoms with Crippen LogP contribution >= 0.6 is 11.6 Å². The van der Waals surface area contributed by atoms with Gasteiger partial charge in [0.15, 0.2) is 5.78 Å². The Bertz CT molecular complexity index is 441. The summed E-state index contributed by atoms with van der Waals surface area (Å²) in [7, 11) is 0. The Kier molecular flexibility index (Phi) is 4.70. The summed E-state index contributed by atoms with van der Waals surface area (Å²) in [4.78, 5) is 23.1. The molecule has 0 heterocycles. The Morgan fingerprint density at radius 2 is 2.00 bits per heavy atom. The summed E-state index contributed by atoms with van der Waals surface area (Å²) in [5.41, 5.74) is 1.39. The zero-order chi connectivity index (χ0) is 13.0. The molecule has 3 nitrogen and oxygen atoms in total. The highest BCUT2D eigenvalue weighted by Crippen LogP contribution is 2.16. The van der Waals surface area contributed by atoms with E-state index in [1.807, 2.05) is 6.92 Å². The van der Waals surface area contributed by atoms with Crippen molar-refractivity contribution in [2.45, 2.75) is 20.8 Å². The van der Waals surface area contributed by atoms with E-state index < -0.39 is 0 Å². The van der Waals surface area contributed by atoms with Crippen molar-refractivity contribution in [2.75, 3.05) is 6.54 Å². The zero-order valence-corrected chi connectivity index (χ0v) is 11.0. The summed E-state index contributed by atoms with van der Waals surface area (Å²) in [5, 5.41) is 3.13. The van der Waals surface area contributed by atoms with E-state index in [0.717, 1.165) is 5.56 Å². The number of halogens is 1. The molecule has 1 aromatic rings. The average Bonchev–Trinajstić information content (AvgIpc) is 2.28. The highest BCUT2D eigenvalue weighted by atomic mass is 35.5. The first-order chi connectivity index (χ1) is 7.91. The monoisotopic (exact) mass is 253 g/mol. The van der Waals surface area contributed by atoms with Crippen LogP contribution in [0, 0.1) is 12.8 Å². The lowest BCUT2D eigenvalue weighted by atomic mass is 10.1. The van der Waals surface area contributed by atoms with Gasteiger partial charge in [-0.1, -0.05) is 31.5 Å². The van der Waals surface area contributed by atoms with Crippen LogP contribution in [-0.4, -0.2) is 18.2 Å². The second-order valence-electron chi connectivity index (χ2n) is 4.27. The Morgan fingerprint density at radius 3 is 2.53 bits per heavy atom. The maximum Gasteiger partial charge on any atom is 0.251 e. The second-order valence-corrected chi connectivity index (χ2v) is 4.67. The van der Waals surface area contributed by atoms with Gasteiger partial charge < -0.3 is 5.32 Å². The largest absolute Gasteiger partial charge is 0.345 e. The molecule has 17 heavy (non-hydrogen) atoms. The number of aryl methyl sites for hydroxylation is 1. The molecule has 1 aromatic carbocycles. The molecule has 0 saturated heterocycles. The third kappa shape index (κ3) is 3.86. The number of hydrogen-bond acceptors (Lipinski definition) is 2. The Hall–Kier alpha value is -1.35. The predicted molar refractivity (Wildman–Crippen MR) is 68.4 cm³/mol. The first kappa shape index (κ1) is 13.7. The first-order valence-corrected chi connectivity index (χ1v) is 5.86. The van der Waals surface area contributed by atoms with Gasteiger partial charge in [-0.3, -0.25) is 9.59 Å². The molecule has 0 spiro atoms. The molecular weight excluding hydrogens is 238 g/mol. The SMILES string of the molecule is Cc1ccc(C(=O)NCC(=O)C(C)C)cc1Cl. The third-order valence-corrected chi connectivity index (χ3v) is 2.91. The van der Waals surface area contributed by atoms with Crippen molar-refractivity contribution in [1.29, 1.82) is 0 Å². The van der Waals surface area contributed by atoms with E-state index >= 15 is 0 Å². The minimum Gasteiger partial charge on any atom is -0.345 e. The van der Waals surface area contributed by atoms with Gasteiger partial charge in [-0.25, -0.2) is 0 Å². The molecule has 0 aliphatic heterocycles. The molecule has 1 N–H and O–H groups in total. The number of Topliss-reactive ketones (excluding diaryl/α,β-unsaturated/α-hetero) is 1. The minimum atomic E-state index is -0.277. The van der Waals surface area contributed by atoms with Gasteiger partial charge in [-0.05, 0) is 24.6 Å². The topological polar surface area (TPSA) is 46.2 Å². The van der Waals surface area contributed by atoms with E-state index in [-0.39, 0.29) is 24.2 Å². The van der Waals surface area contributed by atoms with Crippen molar-refractivity contribution in [3.8, 4) is 0 Å². The Morgan fingerprint density at radius 1 is 1.35 bits per heavy atom. The van der Waals surface area contributed by atoms with Gasteiger partial charge in [-0.15, -0.1) is 0 Å². The van der Waals surface area contributed by atoms with E-state index in [2.05, 4.69) is 5.32 Å². The standard InChI is InChI=1S/C13H16ClNO2/c1-8(2)12(16)7-15-13(17)10-5-4-9(3)11(14)6-10/h4-6,8H,7H2,1-3H3,(H,15,17). The summed E-state index contributed by atoms with van der Waals surface area (Å²) in [6, 6.07) is 5.07. The molecule has 0 bridgehead atoms. The molecule has 0 atom stereocenters. The summed E-state index contributed by atoms with van der Waals surface area (Å²) in [6.07, 6.45) is 0. The lowest BCUT2D eigenvalue weighted by Gasteiger charge is -2.07. The number of amides is 1. The van der Waals surface area contributed by atoms with E-state index in [9.17, 15) is 9.59 Å². The van der Waals surface area contributed by atoms with E-state index in [4.69, 9.17) is 11.6 Å². The van der Waals surface area contributed by atoms with Crippen molar-refractivity contribution in [3.63, 3.8) is 0 Å². The van der Waals surface area contributed by atoms with Crippen LogP contribution in [0.25, 0.3) is 0 Å². The van der Waals surface area contributed by atoms with Crippen molar-refractivity contribution >= 4 is 23.3 Å². The van der Waals surface area contributed by atoms with Crippen LogP contribution in [0.15, 0.2) is 18.2 Å². The fourth-order valence-electron chi connectivity index (χ4n) is 1.21. The van der Waals surface area contributed by atoms with E-state index in [0.29, 0.717) is 10.6 Å². The number of hydrogen-bond donors (Lipinski definition) is 1. The Labute approximate surface area is 106 Å². The van der Waals surface area contributed by atoms with Crippen LogP contribution in [-0.2, 0) is 4.79 Å². The van der Waals surface area contributed by atoms with Gasteiger partial charge in [0.25, 0.3) is 5.91 Å². The number of benzene rings is 1. The normalized spacial score (nSPS) is 10.4. The summed E-state index contributed by atoms with van der Waals surface area (Å²) < 4.78 is 0. The Balaban J connectivity index is 2.64. The lowest BCUT2D eigenvalue weighted by Crippen LogP contribution is -2.31. The first-order valence-electron chi connectivity index (χ1n) is 5.49. The molecule has 0 saturated carbocycles.